The van der Waals surface area contributed by atoms with Gasteiger partial charge < -0.3 is 5.32 Å². The quantitative estimate of drug-likeness (QED) is 0.849. The van der Waals surface area contributed by atoms with Crippen LogP contribution in [0.25, 0.3) is 0 Å². The Morgan fingerprint density at radius 2 is 2.00 bits per heavy atom. The number of fused-ring (bicyclic) bond motifs is 1. The minimum atomic E-state index is -0.467. The maximum absolute atomic E-state index is 12.1. The molecule has 1 aliphatic heterocycles. The number of hydrogen-bond acceptors (Lipinski definition) is 4. The first-order valence-electron chi connectivity index (χ1n) is 7.76. The lowest BCUT2D eigenvalue weighted by Crippen LogP contribution is -2.24. The Labute approximate surface area is 143 Å². The summed E-state index contributed by atoms with van der Waals surface area (Å²) in [6.45, 7) is 1.50. The molecule has 0 radical (unpaired) electrons. The number of carbonyl (C=O) groups excluding carboxylic acids is 3. The van der Waals surface area contributed by atoms with Crippen molar-refractivity contribution in [2.45, 2.75) is 26.2 Å². The summed E-state index contributed by atoms with van der Waals surface area (Å²) >= 11 is 1.30. The molecule has 6 nitrogen and oxygen atoms in total. The molecule has 7 heteroatoms. The number of rotatable bonds is 4. The molecular weight excluding hydrogens is 326 g/mol. The molecule has 0 saturated heterocycles. The van der Waals surface area contributed by atoms with Crippen LogP contribution >= 0.6 is 11.8 Å². The van der Waals surface area contributed by atoms with E-state index in [1.165, 1.54) is 18.7 Å². The molecule has 1 unspecified atom stereocenters. The van der Waals surface area contributed by atoms with Gasteiger partial charge in [-0.05, 0) is 50.5 Å². The van der Waals surface area contributed by atoms with Gasteiger partial charge in [-0.25, -0.2) is 9.79 Å². The summed E-state index contributed by atoms with van der Waals surface area (Å²) in [7, 11) is 0. The Morgan fingerprint density at radius 3 is 2.71 bits per heavy atom. The smallest absolute Gasteiger partial charge is 0.325 e. The highest BCUT2D eigenvalue weighted by atomic mass is 32.2. The molecule has 0 spiro atoms. The van der Waals surface area contributed by atoms with E-state index in [1.54, 1.807) is 24.3 Å². The topological polar surface area (TPSA) is 88.0 Å². The van der Waals surface area contributed by atoms with E-state index in [1.807, 2.05) is 0 Å². The van der Waals surface area contributed by atoms with Crippen molar-refractivity contribution in [3.05, 3.63) is 29.8 Å². The van der Waals surface area contributed by atoms with Crippen LogP contribution in [0.2, 0.25) is 0 Å². The molecule has 1 fully saturated rings. The van der Waals surface area contributed by atoms with Crippen LogP contribution in [0.4, 0.5) is 10.5 Å². The predicted octanol–water partition coefficient (Wildman–Crippen LogP) is 3.33. The zero-order chi connectivity index (χ0) is 17.1. The number of benzene rings is 1. The van der Waals surface area contributed by atoms with Crippen LogP contribution < -0.4 is 5.32 Å². The van der Waals surface area contributed by atoms with Crippen molar-refractivity contribution >= 4 is 45.9 Å². The third-order valence-corrected chi connectivity index (χ3v) is 5.08. The van der Waals surface area contributed by atoms with E-state index < -0.39 is 6.03 Å². The minimum Gasteiger partial charge on any atom is -0.325 e. The maximum Gasteiger partial charge on any atom is 0.367 e. The molecule has 1 aliphatic carbocycles. The highest BCUT2D eigenvalue weighted by molar-refractivity contribution is 8.14. The van der Waals surface area contributed by atoms with E-state index >= 15 is 0 Å². The van der Waals surface area contributed by atoms with Crippen molar-refractivity contribution in [1.29, 1.82) is 0 Å². The first-order chi connectivity index (χ1) is 11.5. The van der Waals surface area contributed by atoms with Crippen LogP contribution in [0.3, 0.4) is 0 Å². The predicted molar refractivity (Wildman–Crippen MR) is 95.1 cm³/mol. The second kappa shape index (κ2) is 7.09. The summed E-state index contributed by atoms with van der Waals surface area (Å²) < 4.78 is 0. The zero-order valence-corrected chi connectivity index (χ0v) is 14.1. The summed E-state index contributed by atoms with van der Waals surface area (Å²) in [6, 6.07) is 6.28. The molecule has 1 N–H and O–H groups in total. The third-order valence-electron chi connectivity index (χ3n) is 4.00. The van der Waals surface area contributed by atoms with Gasteiger partial charge in [-0.15, -0.1) is 0 Å². The van der Waals surface area contributed by atoms with Gasteiger partial charge in [-0.1, -0.05) is 11.8 Å². The van der Waals surface area contributed by atoms with Crippen LogP contribution in [-0.2, 0) is 4.79 Å². The maximum atomic E-state index is 12.1. The van der Waals surface area contributed by atoms with E-state index in [4.69, 9.17) is 0 Å². The second-order valence-corrected chi connectivity index (χ2v) is 6.75. The van der Waals surface area contributed by atoms with Gasteiger partial charge in [0.15, 0.2) is 5.78 Å². The van der Waals surface area contributed by atoms with Crippen LogP contribution in [0.15, 0.2) is 34.3 Å². The molecule has 3 rings (SSSR count). The Morgan fingerprint density at radius 1 is 1.25 bits per heavy atom. The number of thioether (sulfide) groups is 1. The van der Waals surface area contributed by atoms with Crippen molar-refractivity contribution in [2.24, 2.45) is 15.9 Å². The van der Waals surface area contributed by atoms with Crippen LogP contribution in [0.5, 0.6) is 0 Å². The van der Waals surface area contributed by atoms with Gasteiger partial charge in [0.25, 0.3) is 0 Å². The number of nitrogens with one attached hydrogen (secondary N) is 1. The van der Waals surface area contributed by atoms with Gasteiger partial charge in [-0.3, -0.25) is 9.59 Å². The van der Waals surface area contributed by atoms with Crippen LogP contribution in [0, 0.1) is 5.92 Å². The average Bonchev–Trinajstić information content (AvgIpc) is 3.01. The normalized spacial score (nSPS) is 19.4. The largest absolute Gasteiger partial charge is 0.367 e. The van der Waals surface area contributed by atoms with Gasteiger partial charge in [0.2, 0.25) is 5.91 Å². The van der Waals surface area contributed by atoms with Crippen LogP contribution in [0.1, 0.15) is 36.5 Å². The highest BCUT2D eigenvalue weighted by Gasteiger charge is 2.32. The number of anilines is 1. The lowest BCUT2D eigenvalue weighted by atomic mass is 10.1. The van der Waals surface area contributed by atoms with Crippen molar-refractivity contribution < 1.29 is 14.4 Å². The van der Waals surface area contributed by atoms with Gasteiger partial charge in [0, 0.05) is 22.9 Å². The molecule has 1 heterocycles. The number of urea groups is 1. The van der Waals surface area contributed by atoms with E-state index in [-0.39, 0.29) is 23.4 Å². The number of ketones is 1. The van der Waals surface area contributed by atoms with E-state index in [0.29, 0.717) is 16.3 Å². The van der Waals surface area contributed by atoms with Gasteiger partial charge in [0.05, 0.1) is 10.8 Å². The fraction of sp³-hybridized carbons (Fsp3) is 0.353. The lowest BCUT2D eigenvalue weighted by Gasteiger charge is -2.16. The van der Waals surface area contributed by atoms with Crippen molar-refractivity contribution in [2.75, 3.05) is 11.1 Å². The standard InChI is InChI=1S/C17H17N3O3S/c1-10(21)11-5-7-12(8-6-11)18-15(22)9-24-16-13-3-2-4-14(13)19-17(23)20-16/h5-8,13H,2-4,9H2,1H3,(H,18,22). The molecule has 0 bridgehead atoms. The monoisotopic (exact) mass is 343 g/mol. The number of nitrogens with zero attached hydrogens (tertiary/aromatic N) is 2. The Bertz CT molecular complexity index is 753. The molecule has 0 aromatic heterocycles. The average molecular weight is 343 g/mol. The highest BCUT2D eigenvalue weighted by Crippen LogP contribution is 2.31. The van der Waals surface area contributed by atoms with E-state index in [2.05, 4.69) is 15.3 Å². The van der Waals surface area contributed by atoms with E-state index in [9.17, 15) is 14.4 Å². The fourth-order valence-corrected chi connectivity index (χ4v) is 3.75. The molecule has 124 valence electrons. The first-order valence-corrected chi connectivity index (χ1v) is 8.75. The molecule has 3 amide bonds. The summed E-state index contributed by atoms with van der Waals surface area (Å²) in [6.07, 6.45) is 2.78. The summed E-state index contributed by atoms with van der Waals surface area (Å²) in [5.41, 5.74) is 2.14. The summed E-state index contributed by atoms with van der Waals surface area (Å²) in [4.78, 5) is 42.8. The van der Waals surface area contributed by atoms with Crippen LogP contribution in [-0.4, -0.2) is 34.2 Å². The molecule has 1 aromatic rings. The molecule has 1 saturated carbocycles. The Hall–Kier alpha value is -2.28. The molecule has 1 atom stereocenters. The molecule has 1 aromatic carbocycles. The van der Waals surface area contributed by atoms with Crippen molar-refractivity contribution in [3.63, 3.8) is 0 Å². The van der Waals surface area contributed by atoms with Crippen molar-refractivity contribution in [3.8, 4) is 0 Å². The number of hydrogen-bond donors (Lipinski definition) is 1. The number of carbonyl (C=O) groups is 3. The second-order valence-electron chi connectivity index (χ2n) is 5.75. The molecule has 2 aliphatic rings. The van der Waals surface area contributed by atoms with Crippen molar-refractivity contribution in [1.82, 2.24) is 0 Å². The minimum absolute atomic E-state index is 0.0163. The fourth-order valence-electron chi connectivity index (χ4n) is 2.81. The summed E-state index contributed by atoms with van der Waals surface area (Å²) in [5.74, 6) is 0.102. The number of aliphatic imine (C=N–C) groups is 2. The Balaban J connectivity index is 1.56. The Kier molecular flexibility index (Phi) is 4.89. The summed E-state index contributed by atoms with van der Waals surface area (Å²) in [5, 5.41) is 3.48. The van der Waals surface area contributed by atoms with Gasteiger partial charge in [-0.2, -0.15) is 4.99 Å². The van der Waals surface area contributed by atoms with Gasteiger partial charge in [0.1, 0.15) is 0 Å². The first kappa shape index (κ1) is 16.6. The third kappa shape index (κ3) is 3.79. The molecule has 24 heavy (non-hydrogen) atoms. The zero-order valence-electron chi connectivity index (χ0n) is 13.2. The number of Topliss-reactive ketones (excluding diaryl/α,β-unsaturated/α-hetero) is 1. The molecular formula is C17H17N3O3S. The van der Waals surface area contributed by atoms with Gasteiger partial charge >= 0.3 is 6.03 Å². The van der Waals surface area contributed by atoms with E-state index in [0.717, 1.165) is 25.0 Å². The number of amides is 3. The SMILES string of the molecule is CC(=O)c1ccc(NC(=O)CSC2=NC(=O)N=C3CCCC32)cc1. The lowest BCUT2D eigenvalue weighted by molar-refractivity contribution is -0.113.